The van der Waals surface area contributed by atoms with Crippen LogP contribution in [0.2, 0.25) is 0 Å². The lowest BCUT2D eigenvalue weighted by Gasteiger charge is -2.42. The van der Waals surface area contributed by atoms with Gasteiger partial charge in [0, 0.05) is 11.8 Å². The molecule has 0 aromatic carbocycles. The van der Waals surface area contributed by atoms with Crippen molar-refractivity contribution in [3.8, 4) is 0 Å². The third-order valence-corrected chi connectivity index (χ3v) is 12.4. The van der Waals surface area contributed by atoms with Crippen molar-refractivity contribution in [1.29, 1.82) is 0 Å². The quantitative estimate of drug-likeness (QED) is 0.0546. The highest BCUT2D eigenvalue weighted by Crippen LogP contribution is 2.45. The highest BCUT2D eigenvalue weighted by molar-refractivity contribution is 5.76. The lowest BCUT2D eigenvalue weighted by molar-refractivity contribution is -0.164. The SMILES string of the molecule is CCC(C)(CC(C)(CC)C(CCC(C)CCCC(C)CCCC(C)CCCC(C)C)OC(=O)CCCN(C)C)C(=O)OCC=CC(C)(C)C(C)C. The van der Waals surface area contributed by atoms with Gasteiger partial charge in [0.15, 0.2) is 0 Å². The highest BCUT2D eigenvalue weighted by Gasteiger charge is 2.45. The van der Waals surface area contributed by atoms with Gasteiger partial charge in [0.1, 0.15) is 12.7 Å². The minimum Gasteiger partial charge on any atom is -0.462 e. The molecule has 0 aliphatic carbocycles. The number of nitrogens with zero attached hydrogens (tertiary/aromatic N) is 1. The molecular weight excluding hydrogens is 631 g/mol. The summed E-state index contributed by atoms with van der Waals surface area (Å²) in [5.74, 6) is 3.25. The van der Waals surface area contributed by atoms with Gasteiger partial charge in [0.05, 0.1) is 5.41 Å². The molecule has 0 saturated carbocycles. The average Bonchev–Trinajstić information content (AvgIpc) is 3.04. The van der Waals surface area contributed by atoms with Crippen molar-refractivity contribution >= 4 is 11.9 Å². The van der Waals surface area contributed by atoms with Crippen molar-refractivity contribution in [1.82, 2.24) is 4.90 Å². The second-order valence-corrected chi connectivity index (χ2v) is 19.0. The van der Waals surface area contributed by atoms with Crippen molar-refractivity contribution in [2.24, 2.45) is 45.8 Å². The zero-order chi connectivity index (χ0) is 39.3. The van der Waals surface area contributed by atoms with E-state index in [1.807, 2.05) is 27.1 Å². The molecule has 5 heteroatoms. The molecule has 6 atom stereocenters. The van der Waals surface area contributed by atoms with E-state index < -0.39 is 5.41 Å². The molecule has 0 radical (unpaired) electrons. The molecule has 0 aliphatic rings. The summed E-state index contributed by atoms with van der Waals surface area (Å²) in [6.07, 6.45) is 21.1. The Bertz CT molecular complexity index is 955. The number of allylic oxidation sites excluding steroid dienone is 1. The summed E-state index contributed by atoms with van der Waals surface area (Å²) in [7, 11) is 4.07. The van der Waals surface area contributed by atoms with Gasteiger partial charge in [-0.3, -0.25) is 9.59 Å². The van der Waals surface area contributed by atoms with Crippen LogP contribution >= 0.6 is 0 Å². The minimum atomic E-state index is -0.657. The molecule has 0 aliphatic heterocycles. The maximum Gasteiger partial charge on any atom is 0.312 e. The van der Waals surface area contributed by atoms with Crippen LogP contribution in [0.15, 0.2) is 12.2 Å². The van der Waals surface area contributed by atoms with E-state index in [0.29, 0.717) is 31.1 Å². The summed E-state index contributed by atoms with van der Waals surface area (Å²) >= 11 is 0. The van der Waals surface area contributed by atoms with E-state index >= 15 is 0 Å². The predicted octanol–water partition coefficient (Wildman–Crippen LogP) is 13.1. The first-order valence-corrected chi connectivity index (χ1v) is 21.4. The number of ether oxygens (including phenoxy) is 2. The fourth-order valence-corrected chi connectivity index (χ4v) is 7.22. The molecule has 0 amide bonds. The van der Waals surface area contributed by atoms with Gasteiger partial charge in [-0.05, 0) is 101 Å². The highest BCUT2D eigenvalue weighted by atomic mass is 16.5. The largest absolute Gasteiger partial charge is 0.462 e. The Labute approximate surface area is 319 Å². The number of carbonyl (C=O) groups is 2. The van der Waals surface area contributed by atoms with Gasteiger partial charge in [-0.1, -0.05) is 153 Å². The summed E-state index contributed by atoms with van der Waals surface area (Å²) in [5, 5.41) is 0. The molecule has 302 valence electrons. The fraction of sp³-hybridized carbons (Fsp3) is 0.913. The first-order valence-electron chi connectivity index (χ1n) is 21.4. The first-order chi connectivity index (χ1) is 23.7. The van der Waals surface area contributed by atoms with E-state index in [0.717, 1.165) is 50.0 Å². The van der Waals surface area contributed by atoms with Gasteiger partial charge in [0.2, 0.25) is 0 Å². The Morgan fingerprint density at radius 2 is 1.20 bits per heavy atom. The van der Waals surface area contributed by atoms with Crippen molar-refractivity contribution in [2.45, 2.75) is 199 Å². The first kappa shape index (κ1) is 49.6. The maximum absolute atomic E-state index is 13.6. The molecule has 6 unspecified atom stereocenters. The standard InChI is InChI=1S/C46H89NO4/c1-16-45(12,35-46(13,17-2)43(49)50-34-22-32-44(10,11)37(5)6)41(51-42(48)29-21-33-47(14)15)31-30-40(9)28-20-27-39(8)26-19-25-38(7)24-18-23-36(3)4/h22,32,36-41H,16-21,23-31,33-35H2,1-15H3. The topological polar surface area (TPSA) is 55.8 Å². The molecule has 0 N–H and O–H groups in total. The number of esters is 2. The molecule has 0 spiro atoms. The van der Waals surface area contributed by atoms with Crippen molar-refractivity contribution in [2.75, 3.05) is 27.2 Å². The molecule has 0 aromatic rings. The molecular formula is C46H89NO4. The van der Waals surface area contributed by atoms with Crippen molar-refractivity contribution < 1.29 is 19.1 Å². The summed E-state index contributed by atoms with van der Waals surface area (Å²) in [5.41, 5.74) is -0.947. The average molecular weight is 720 g/mol. The summed E-state index contributed by atoms with van der Waals surface area (Å²) in [4.78, 5) is 29.0. The van der Waals surface area contributed by atoms with Crippen molar-refractivity contribution in [3.63, 3.8) is 0 Å². The lowest BCUT2D eigenvalue weighted by atomic mass is 9.66. The monoisotopic (exact) mass is 720 g/mol. The Morgan fingerprint density at radius 1 is 0.686 bits per heavy atom. The number of hydrogen-bond acceptors (Lipinski definition) is 5. The van der Waals surface area contributed by atoms with Gasteiger partial charge in [-0.25, -0.2) is 0 Å². The van der Waals surface area contributed by atoms with Gasteiger partial charge in [-0.2, -0.15) is 0 Å². The van der Waals surface area contributed by atoms with Crippen LogP contribution in [0.5, 0.6) is 0 Å². The Balaban J connectivity index is 5.41. The lowest BCUT2D eigenvalue weighted by Crippen LogP contribution is -2.43. The Kier molecular flexibility index (Phi) is 24.9. The fourth-order valence-electron chi connectivity index (χ4n) is 7.22. The second-order valence-electron chi connectivity index (χ2n) is 19.0. The third-order valence-electron chi connectivity index (χ3n) is 12.4. The molecule has 51 heavy (non-hydrogen) atoms. The molecule has 0 bridgehead atoms. The van der Waals surface area contributed by atoms with E-state index in [1.54, 1.807) is 0 Å². The van der Waals surface area contributed by atoms with Gasteiger partial charge in [0.25, 0.3) is 0 Å². The number of carbonyl (C=O) groups excluding carboxylic acids is 2. The summed E-state index contributed by atoms with van der Waals surface area (Å²) < 4.78 is 12.3. The van der Waals surface area contributed by atoms with E-state index in [-0.39, 0.29) is 35.5 Å². The second kappa shape index (κ2) is 25.6. The number of hydrogen-bond donors (Lipinski definition) is 0. The zero-order valence-electron chi connectivity index (χ0n) is 36.9. The van der Waals surface area contributed by atoms with Crippen molar-refractivity contribution in [3.05, 3.63) is 12.2 Å². The van der Waals surface area contributed by atoms with Crippen LogP contribution in [0.1, 0.15) is 193 Å². The van der Waals surface area contributed by atoms with Gasteiger partial charge >= 0.3 is 11.9 Å². The van der Waals surface area contributed by atoms with Crippen LogP contribution in [0, 0.1) is 45.8 Å². The van der Waals surface area contributed by atoms with Crippen LogP contribution < -0.4 is 0 Å². The zero-order valence-corrected chi connectivity index (χ0v) is 36.9. The molecule has 0 heterocycles. The maximum atomic E-state index is 13.6. The van der Waals surface area contributed by atoms with Crippen LogP contribution in [-0.2, 0) is 19.1 Å². The Hall–Kier alpha value is -1.36. The molecule has 0 fully saturated rings. The van der Waals surface area contributed by atoms with Crippen LogP contribution in [0.25, 0.3) is 0 Å². The van der Waals surface area contributed by atoms with Crippen LogP contribution in [0.3, 0.4) is 0 Å². The molecule has 0 saturated heterocycles. The van der Waals surface area contributed by atoms with Gasteiger partial charge < -0.3 is 14.4 Å². The smallest absolute Gasteiger partial charge is 0.312 e. The van der Waals surface area contributed by atoms with Gasteiger partial charge in [-0.15, -0.1) is 0 Å². The third kappa shape index (κ3) is 21.8. The molecule has 5 nitrogen and oxygen atoms in total. The summed E-state index contributed by atoms with van der Waals surface area (Å²) in [6.45, 7) is 30.4. The predicted molar refractivity (Wildman–Crippen MR) is 221 cm³/mol. The minimum absolute atomic E-state index is 0.0471. The number of rotatable bonds is 30. The normalized spacial score (nSPS) is 17.4. The summed E-state index contributed by atoms with van der Waals surface area (Å²) in [6, 6.07) is 0. The van der Waals surface area contributed by atoms with E-state index in [9.17, 15) is 9.59 Å². The van der Waals surface area contributed by atoms with E-state index in [2.05, 4.69) is 94.1 Å². The van der Waals surface area contributed by atoms with E-state index in [1.165, 1.54) is 57.8 Å². The molecule has 0 aromatic heterocycles. The van der Waals surface area contributed by atoms with Crippen LogP contribution in [-0.4, -0.2) is 50.2 Å². The van der Waals surface area contributed by atoms with Crippen LogP contribution in [0.4, 0.5) is 0 Å². The van der Waals surface area contributed by atoms with E-state index in [4.69, 9.17) is 9.47 Å². The molecule has 0 rings (SSSR count). The Morgan fingerprint density at radius 3 is 1.65 bits per heavy atom.